The number of rotatable bonds is 6. The average molecular weight is 260 g/mol. The molecule has 1 aromatic rings. The van der Waals surface area contributed by atoms with Crippen LogP contribution >= 0.6 is 22.9 Å². The molecule has 0 saturated carbocycles. The number of ether oxygens (including phenoxy) is 1. The lowest BCUT2D eigenvalue weighted by molar-refractivity contribution is -0.135. The van der Waals surface area contributed by atoms with Crippen LogP contribution in [0.1, 0.15) is 4.88 Å². The molecule has 0 bridgehead atoms. The highest BCUT2D eigenvalue weighted by atomic mass is 35.5. The molecule has 0 aliphatic carbocycles. The van der Waals surface area contributed by atoms with E-state index in [4.69, 9.17) is 16.3 Å². The number of carbonyl (C=O) groups excluding carboxylic acids is 1. The molecule has 0 fully saturated rings. The molecule has 0 radical (unpaired) electrons. The summed E-state index contributed by atoms with van der Waals surface area (Å²) in [5.74, 6) is -0.0491. The number of hydrogen-bond donors (Lipinski definition) is 0. The summed E-state index contributed by atoms with van der Waals surface area (Å²) >= 11 is 7.31. The Labute approximate surface area is 104 Å². The fraction of sp³-hybridized carbons (Fsp3) is 0.364. The minimum absolute atomic E-state index is 0.0491. The van der Waals surface area contributed by atoms with Crippen molar-refractivity contribution in [2.45, 2.75) is 6.54 Å². The molecule has 1 rings (SSSR count). The third kappa shape index (κ3) is 3.96. The van der Waals surface area contributed by atoms with E-state index in [0.717, 1.165) is 9.21 Å². The van der Waals surface area contributed by atoms with E-state index >= 15 is 0 Å². The van der Waals surface area contributed by atoms with Crippen LogP contribution < -0.4 is 0 Å². The number of carbonyl (C=O) groups is 1. The Hall–Kier alpha value is -0.840. The average Bonchev–Trinajstić information content (AvgIpc) is 2.64. The Morgan fingerprint density at radius 1 is 1.69 bits per heavy atom. The predicted molar refractivity (Wildman–Crippen MR) is 66.8 cm³/mol. The van der Waals surface area contributed by atoms with Crippen LogP contribution in [0.2, 0.25) is 4.34 Å². The smallest absolute Gasteiger partial charge is 0.249 e. The molecule has 0 aliphatic heterocycles. The molecule has 0 aliphatic rings. The van der Waals surface area contributed by atoms with Gasteiger partial charge in [-0.3, -0.25) is 4.79 Å². The van der Waals surface area contributed by atoms with Crippen LogP contribution in [0.3, 0.4) is 0 Å². The Balaban J connectivity index is 2.63. The Morgan fingerprint density at radius 2 is 2.44 bits per heavy atom. The number of methoxy groups -OCH3 is 1. The lowest BCUT2D eigenvalue weighted by Crippen LogP contribution is -2.33. The standard InChI is InChI=1S/C11H14ClNO2S/c1-3-6-13(11(14)8-15-2)7-9-4-5-10(12)16-9/h3-5H,1,6-8H2,2H3. The van der Waals surface area contributed by atoms with E-state index in [0.29, 0.717) is 13.1 Å². The number of halogens is 1. The van der Waals surface area contributed by atoms with Crippen molar-refractivity contribution >= 4 is 28.8 Å². The van der Waals surface area contributed by atoms with Gasteiger partial charge in [-0.05, 0) is 12.1 Å². The quantitative estimate of drug-likeness (QED) is 0.735. The second-order valence-electron chi connectivity index (χ2n) is 3.20. The molecular weight excluding hydrogens is 246 g/mol. The summed E-state index contributed by atoms with van der Waals surface area (Å²) in [6.45, 7) is 4.78. The highest BCUT2D eigenvalue weighted by Gasteiger charge is 2.13. The van der Waals surface area contributed by atoms with Gasteiger partial charge in [0.2, 0.25) is 5.91 Å². The van der Waals surface area contributed by atoms with Crippen molar-refractivity contribution in [3.8, 4) is 0 Å². The number of thiophene rings is 1. The predicted octanol–water partition coefficient (Wildman–Crippen LogP) is 2.56. The van der Waals surface area contributed by atoms with Gasteiger partial charge in [0.15, 0.2) is 0 Å². The fourth-order valence-electron chi connectivity index (χ4n) is 1.25. The zero-order valence-electron chi connectivity index (χ0n) is 9.11. The van der Waals surface area contributed by atoms with Crippen molar-refractivity contribution in [2.75, 3.05) is 20.3 Å². The molecule has 0 atom stereocenters. The fourth-order valence-corrected chi connectivity index (χ4v) is 2.35. The van der Waals surface area contributed by atoms with Crippen molar-refractivity contribution < 1.29 is 9.53 Å². The number of amides is 1. The largest absolute Gasteiger partial charge is 0.375 e. The summed E-state index contributed by atoms with van der Waals surface area (Å²) < 4.78 is 5.56. The van der Waals surface area contributed by atoms with Crippen LogP contribution in [0.5, 0.6) is 0 Å². The van der Waals surface area contributed by atoms with Crippen LogP contribution in [0.25, 0.3) is 0 Å². The van der Waals surface area contributed by atoms with E-state index in [2.05, 4.69) is 6.58 Å². The minimum atomic E-state index is -0.0491. The van der Waals surface area contributed by atoms with Crippen molar-refractivity contribution in [3.63, 3.8) is 0 Å². The molecule has 1 aromatic heterocycles. The van der Waals surface area contributed by atoms with E-state index in [9.17, 15) is 4.79 Å². The lowest BCUT2D eigenvalue weighted by Gasteiger charge is -2.19. The Bertz CT molecular complexity index is 365. The lowest BCUT2D eigenvalue weighted by atomic mass is 10.4. The maximum Gasteiger partial charge on any atom is 0.249 e. The van der Waals surface area contributed by atoms with Gasteiger partial charge in [0.05, 0.1) is 10.9 Å². The first-order valence-electron chi connectivity index (χ1n) is 4.79. The Kier molecular flexibility index (Phi) is 5.52. The molecule has 5 heteroatoms. The molecule has 0 saturated heterocycles. The topological polar surface area (TPSA) is 29.5 Å². The summed E-state index contributed by atoms with van der Waals surface area (Å²) in [6.07, 6.45) is 1.70. The van der Waals surface area contributed by atoms with Crippen molar-refractivity contribution in [2.24, 2.45) is 0 Å². The molecule has 0 unspecified atom stereocenters. The minimum Gasteiger partial charge on any atom is -0.375 e. The van der Waals surface area contributed by atoms with E-state index in [1.807, 2.05) is 12.1 Å². The number of hydrogen-bond acceptors (Lipinski definition) is 3. The molecule has 3 nitrogen and oxygen atoms in total. The first-order valence-corrected chi connectivity index (χ1v) is 5.98. The van der Waals surface area contributed by atoms with Gasteiger partial charge in [0, 0.05) is 18.5 Å². The second-order valence-corrected chi connectivity index (χ2v) is 5.00. The highest BCUT2D eigenvalue weighted by molar-refractivity contribution is 7.16. The van der Waals surface area contributed by atoms with E-state index in [1.54, 1.807) is 11.0 Å². The zero-order valence-corrected chi connectivity index (χ0v) is 10.7. The molecule has 16 heavy (non-hydrogen) atoms. The summed E-state index contributed by atoms with van der Waals surface area (Å²) in [5.41, 5.74) is 0. The van der Waals surface area contributed by atoms with Gasteiger partial charge in [-0.1, -0.05) is 17.7 Å². The summed E-state index contributed by atoms with van der Waals surface area (Å²) in [6, 6.07) is 3.75. The number of nitrogens with zero attached hydrogens (tertiary/aromatic N) is 1. The summed E-state index contributed by atoms with van der Waals surface area (Å²) in [7, 11) is 1.51. The van der Waals surface area contributed by atoms with Gasteiger partial charge in [-0.15, -0.1) is 17.9 Å². The third-order valence-corrected chi connectivity index (χ3v) is 3.16. The normalized spacial score (nSPS) is 10.1. The van der Waals surface area contributed by atoms with Gasteiger partial charge in [-0.25, -0.2) is 0 Å². The van der Waals surface area contributed by atoms with Crippen LogP contribution in [-0.4, -0.2) is 31.1 Å². The van der Waals surface area contributed by atoms with Crippen LogP contribution in [0, 0.1) is 0 Å². The second kappa shape index (κ2) is 6.68. The van der Waals surface area contributed by atoms with Crippen molar-refractivity contribution in [1.82, 2.24) is 4.90 Å². The summed E-state index contributed by atoms with van der Waals surface area (Å²) in [4.78, 5) is 14.4. The van der Waals surface area contributed by atoms with Crippen molar-refractivity contribution in [1.29, 1.82) is 0 Å². The zero-order chi connectivity index (χ0) is 12.0. The van der Waals surface area contributed by atoms with Gasteiger partial charge in [0.1, 0.15) is 6.61 Å². The molecule has 1 amide bonds. The maximum absolute atomic E-state index is 11.7. The van der Waals surface area contributed by atoms with Crippen LogP contribution in [0.15, 0.2) is 24.8 Å². The van der Waals surface area contributed by atoms with Crippen LogP contribution in [0.4, 0.5) is 0 Å². The van der Waals surface area contributed by atoms with Gasteiger partial charge in [-0.2, -0.15) is 0 Å². The van der Waals surface area contributed by atoms with Gasteiger partial charge >= 0.3 is 0 Å². The first-order chi connectivity index (χ1) is 7.67. The molecular formula is C11H14ClNO2S. The molecule has 0 aromatic carbocycles. The maximum atomic E-state index is 11.7. The third-order valence-electron chi connectivity index (χ3n) is 1.95. The molecule has 0 spiro atoms. The van der Waals surface area contributed by atoms with E-state index in [1.165, 1.54) is 18.4 Å². The monoisotopic (exact) mass is 259 g/mol. The summed E-state index contributed by atoms with van der Waals surface area (Å²) in [5, 5.41) is 0. The van der Waals surface area contributed by atoms with Gasteiger partial charge < -0.3 is 9.64 Å². The van der Waals surface area contributed by atoms with Gasteiger partial charge in [0.25, 0.3) is 0 Å². The molecule has 88 valence electrons. The highest BCUT2D eigenvalue weighted by Crippen LogP contribution is 2.22. The van der Waals surface area contributed by atoms with E-state index < -0.39 is 0 Å². The molecule has 1 heterocycles. The molecule has 0 N–H and O–H groups in total. The first kappa shape index (κ1) is 13.2. The van der Waals surface area contributed by atoms with Crippen molar-refractivity contribution in [3.05, 3.63) is 34.0 Å². The van der Waals surface area contributed by atoms with Crippen LogP contribution in [-0.2, 0) is 16.1 Å². The SMILES string of the molecule is C=CCN(Cc1ccc(Cl)s1)C(=O)COC. The van der Waals surface area contributed by atoms with E-state index in [-0.39, 0.29) is 12.5 Å². The Morgan fingerprint density at radius 3 is 2.94 bits per heavy atom.